The van der Waals surface area contributed by atoms with E-state index >= 15 is 0 Å². The highest BCUT2D eigenvalue weighted by Crippen LogP contribution is 2.29. The molecule has 2 aromatic carbocycles. The van der Waals surface area contributed by atoms with Crippen molar-refractivity contribution in [1.29, 1.82) is 0 Å². The van der Waals surface area contributed by atoms with E-state index < -0.39 is 22.8 Å². The molecule has 0 atom stereocenters. The molecule has 3 aromatic rings. The lowest BCUT2D eigenvalue weighted by molar-refractivity contribution is -0.153. The van der Waals surface area contributed by atoms with E-state index in [0.717, 1.165) is 18.2 Å². The molecule has 0 bridgehead atoms. The molecule has 0 unspecified atom stereocenters. The maximum absolute atomic E-state index is 12.6. The van der Waals surface area contributed by atoms with Gasteiger partial charge in [-0.2, -0.15) is 13.2 Å². The number of methoxy groups -OCH3 is 1. The summed E-state index contributed by atoms with van der Waals surface area (Å²) in [4.78, 5) is 7.88. The van der Waals surface area contributed by atoms with Gasteiger partial charge in [0.25, 0.3) is 0 Å². The summed E-state index contributed by atoms with van der Waals surface area (Å²) in [5.41, 5.74) is 0.755. The van der Waals surface area contributed by atoms with Crippen LogP contribution in [0.4, 0.5) is 30.5 Å². The smallest absolute Gasteiger partial charge is 0.422 e. The molecule has 0 aliphatic carbocycles. The van der Waals surface area contributed by atoms with Crippen LogP contribution in [0.3, 0.4) is 0 Å². The Labute approximate surface area is 198 Å². The third-order valence-corrected chi connectivity index (χ3v) is 5.51. The number of hydrogen-bond donors (Lipinski definition) is 3. The number of anilines is 3. The van der Waals surface area contributed by atoms with Crippen LogP contribution in [-0.2, 0) is 16.6 Å². The lowest BCUT2D eigenvalue weighted by atomic mass is 10.2. The number of nitrogens with one attached hydrogen (secondary N) is 2. The first-order chi connectivity index (χ1) is 15.9. The molecule has 0 saturated heterocycles. The van der Waals surface area contributed by atoms with Crippen LogP contribution >= 0.6 is 11.6 Å². The molecular formula is C20H19ClF3N5O4S. The molecule has 1 aromatic heterocycles. The number of ether oxygens (including phenoxy) is 2. The molecule has 0 radical (unpaired) electrons. The van der Waals surface area contributed by atoms with Crippen LogP contribution in [0.5, 0.6) is 11.5 Å². The maximum Gasteiger partial charge on any atom is 0.422 e. The van der Waals surface area contributed by atoms with Gasteiger partial charge in [0.2, 0.25) is 10.0 Å². The van der Waals surface area contributed by atoms with Gasteiger partial charge in [-0.1, -0.05) is 11.6 Å². The van der Waals surface area contributed by atoms with E-state index in [-0.39, 0.29) is 22.8 Å². The molecule has 0 fully saturated rings. The van der Waals surface area contributed by atoms with Crippen LogP contribution in [0.15, 0.2) is 53.7 Å². The third-order valence-electron chi connectivity index (χ3n) is 4.30. The predicted molar refractivity (Wildman–Crippen MR) is 120 cm³/mol. The van der Waals surface area contributed by atoms with Crippen molar-refractivity contribution >= 4 is 38.9 Å². The molecule has 0 spiro atoms. The Kier molecular flexibility index (Phi) is 7.69. The Bertz CT molecular complexity index is 1280. The Morgan fingerprint density at radius 1 is 1.06 bits per heavy atom. The van der Waals surface area contributed by atoms with Gasteiger partial charge in [-0.15, -0.1) is 0 Å². The summed E-state index contributed by atoms with van der Waals surface area (Å²) in [6.07, 6.45) is -3.31. The third kappa shape index (κ3) is 7.10. The molecule has 1 heterocycles. The van der Waals surface area contributed by atoms with Crippen molar-refractivity contribution in [2.75, 3.05) is 24.4 Å². The molecular weight excluding hydrogens is 499 g/mol. The van der Waals surface area contributed by atoms with E-state index in [1.54, 1.807) is 18.2 Å². The molecule has 0 amide bonds. The average Bonchev–Trinajstić information content (AvgIpc) is 2.76. The highest BCUT2D eigenvalue weighted by molar-refractivity contribution is 7.89. The van der Waals surface area contributed by atoms with Gasteiger partial charge < -0.3 is 20.1 Å². The summed E-state index contributed by atoms with van der Waals surface area (Å²) in [5, 5.41) is 11.5. The normalized spacial score (nSPS) is 11.7. The molecule has 4 N–H and O–H groups in total. The molecule has 3 rings (SSSR count). The number of sulfonamides is 1. The van der Waals surface area contributed by atoms with Crippen molar-refractivity contribution in [3.05, 3.63) is 59.4 Å². The number of primary sulfonamides is 1. The minimum absolute atomic E-state index is 0.110. The van der Waals surface area contributed by atoms with Crippen molar-refractivity contribution in [2.45, 2.75) is 17.6 Å². The fourth-order valence-corrected chi connectivity index (χ4v) is 3.59. The van der Waals surface area contributed by atoms with E-state index in [4.69, 9.17) is 26.2 Å². The molecule has 0 saturated carbocycles. The Balaban J connectivity index is 1.78. The molecule has 182 valence electrons. The summed E-state index contributed by atoms with van der Waals surface area (Å²) in [6, 6.07) is 9.89. The fraction of sp³-hybridized carbons (Fsp3) is 0.200. The zero-order chi connectivity index (χ0) is 24.9. The zero-order valence-electron chi connectivity index (χ0n) is 17.6. The second-order valence-electron chi connectivity index (χ2n) is 6.83. The van der Waals surface area contributed by atoms with Crippen molar-refractivity contribution in [1.82, 2.24) is 9.97 Å². The minimum atomic E-state index is -4.57. The SMILES string of the molecule is COc1ccc(Nc2cc(NCc3cc(S(N)(=O)=O)ccc3OCC(F)(F)F)ncn2)cc1Cl. The summed E-state index contributed by atoms with van der Waals surface area (Å²) < 4.78 is 71.0. The summed E-state index contributed by atoms with van der Waals surface area (Å²) >= 11 is 6.11. The van der Waals surface area contributed by atoms with Crippen molar-refractivity contribution in [3.8, 4) is 11.5 Å². The molecule has 14 heteroatoms. The second kappa shape index (κ2) is 10.3. The number of nitrogens with zero attached hydrogens (tertiary/aromatic N) is 2. The van der Waals surface area contributed by atoms with Crippen LogP contribution in [0.25, 0.3) is 0 Å². The quantitative estimate of drug-likeness (QED) is 0.387. The molecule has 0 aliphatic rings. The summed E-state index contributed by atoms with van der Waals surface area (Å²) in [5.74, 6) is 1.05. The van der Waals surface area contributed by atoms with Gasteiger partial charge in [-0.3, -0.25) is 0 Å². The summed E-state index contributed by atoms with van der Waals surface area (Å²) in [6.45, 7) is -1.65. The predicted octanol–water partition coefficient (Wildman–Crippen LogP) is 4.08. The van der Waals surface area contributed by atoms with E-state index in [1.165, 1.54) is 19.5 Å². The first-order valence-electron chi connectivity index (χ1n) is 9.46. The number of rotatable bonds is 9. The van der Waals surface area contributed by atoms with Crippen molar-refractivity contribution in [3.63, 3.8) is 0 Å². The number of aromatic nitrogens is 2. The number of hydrogen-bond acceptors (Lipinski definition) is 8. The Morgan fingerprint density at radius 3 is 2.41 bits per heavy atom. The second-order valence-corrected chi connectivity index (χ2v) is 8.80. The lowest BCUT2D eigenvalue weighted by Gasteiger charge is -2.15. The van der Waals surface area contributed by atoms with E-state index in [9.17, 15) is 21.6 Å². The first-order valence-corrected chi connectivity index (χ1v) is 11.4. The zero-order valence-corrected chi connectivity index (χ0v) is 19.1. The van der Waals surface area contributed by atoms with E-state index in [1.807, 2.05) is 0 Å². The van der Waals surface area contributed by atoms with Crippen molar-refractivity contribution in [2.24, 2.45) is 5.14 Å². The van der Waals surface area contributed by atoms with Crippen LogP contribution in [0.2, 0.25) is 5.02 Å². The Morgan fingerprint density at radius 2 is 1.76 bits per heavy atom. The van der Waals surface area contributed by atoms with Gasteiger partial charge >= 0.3 is 6.18 Å². The first kappa shape index (κ1) is 25.3. The van der Waals surface area contributed by atoms with Gasteiger partial charge in [-0.25, -0.2) is 23.5 Å². The number of nitrogens with two attached hydrogens (primary N) is 1. The van der Waals surface area contributed by atoms with Gasteiger partial charge in [0.1, 0.15) is 29.5 Å². The monoisotopic (exact) mass is 517 g/mol. The van der Waals surface area contributed by atoms with Gasteiger partial charge in [0.15, 0.2) is 6.61 Å². The maximum atomic E-state index is 12.6. The van der Waals surface area contributed by atoms with Gasteiger partial charge in [0, 0.05) is 23.9 Å². The average molecular weight is 518 g/mol. The Hall–Kier alpha value is -3.29. The molecule has 0 aliphatic heterocycles. The molecule has 34 heavy (non-hydrogen) atoms. The fourth-order valence-electron chi connectivity index (χ4n) is 2.77. The number of halogens is 4. The van der Waals surface area contributed by atoms with Crippen LogP contribution in [0.1, 0.15) is 5.56 Å². The molecule has 9 nitrogen and oxygen atoms in total. The van der Waals surface area contributed by atoms with Gasteiger partial charge in [-0.05, 0) is 36.4 Å². The van der Waals surface area contributed by atoms with Crippen LogP contribution in [0, 0.1) is 0 Å². The topological polar surface area (TPSA) is 128 Å². The lowest BCUT2D eigenvalue weighted by Crippen LogP contribution is -2.20. The number of benzene rings is 2. The summed E-state index contributed by atoms with van der Waals surface area (Å²) in [7, 11) is -2.58. The van der Waals surface area contributed by atoms with E-state index in [0.29, 0.717) is 28.1 Å². The van der Waals surface area contributed by atoms with Crippen LogP contribution < -0.4 is 25.2 Å². The standard InChI is InChI=1S/C20H19ClF3N5O4S/c1-32-17-4-2-13(7-15(17)21)29-19-8-18(27-11-28-19)26-9-12-6-14(34(25,30)31)3-5-16(12)33-10-20(22,23)24/h2-8,11H,9-10H2,1H3,(H2,25,30,31)(H2,26,27,28,29). The minimum Gasteiger partial charge on any atom is -0.495 e. The highest BCUT2D eigenvalue weighted by atomic mass is 35.5. The highest BCUT2D eigenvalue weighted by Gasteiger charge is 2.29. The van der Waals surface area contributed by atoms with Crippen LogP contribution in [-0.4, -0.2) is 38.3 Å². The number of alkyl halides is 3. The van der Waals surface area contributed by atoms with Gasteiger partial charge in [0.05, 0.1) is 17.0 Å². The van der Waals surface area contributed by atoms with Crippen molar-refractivity contribution < 1.29 is 31.1 Å². The largest absolute Gasteiger partial charge is 0.495 e. The van der Waals surface area contributed by atoms with E-state index in [2.05, 4.69) is 20.6 Å².